The lowest BCUT2D eigenvalue weighted by Crippen LogP contribution is -2.13. The predicted molar refractivity (Wildman–Crippen MR) is 49.7 cm³/mol. The zero-order valence-corrected chi connectivity index (χ0v) is 7.86. The summed E-state index contributed by atoms with van der Waals surface area (Å²) in [6.07, 6.45) is 0. The molecule has 0 saturated carbocycles. The van der Waals surface area contributed by atoms with E-state index in [1.165, 1.54) is 12.1 Å². The van der Waals surface area contributed by atoms with E-state index in [1.54, 1.807) is 6.07 Å². The average Bonchev–Trinajstić information content (AvgIpc) is 2.01. The molecule has 0 unspecified atom stereocenters. The molecule has 3 nitrogen and oxygen atoms in total. The number of hydrogen-bond donors (Lipinski definition) is 1. The lowest BCUT2D eigenvalue weighted by atomic mass is 10.1. The SMILES string of the molecule is N#Cc1cc(Cl)cc(Cl)c1C(N)=O. The summed E-state index contributed by atoms with van der Waals surface area (Å²) in [6, 6.07) is 4.49. The van der Waals surface area contributed by atoms with E-state index in [0.29, 0.717) is 5.02 Å². The molecule has 0 heterocycles. The number of rotatable bonds is 1. The Balaban J connectivity index is 3.50. The van der Waals surface area contributed by atoms with Crippen LogP contribution in [0.25, 0.3) is 0 Å². The second-order valence-corrected chi connectivity index (χ2v) is 3.13. The van der Waals surface area contributed by atoms with Crippen LogP contribution >= 0.6 is 23.2 Å². The van der Waals surface area contributed by atoms with Gasteiger partial charge in [0.15, 0.2) is 0 Å². The Hall–Kier alpha value is -1.24. The lowest BCUT2D eigenvalue weighted by molar-refractivity contribution is 0.1000. The number of carbonyl (C=O) groups excluding carboxylic acids is 1. The summed E-state index contributed by atoms with van der Waals surface area (Å²) in [5, 5.41) is 9.03. The zero-order chi connectivity index (χ0) is 10.0. The van der Waals surface area contributed by atoms with Gasteiger partial charge in [-0.15, -0.1) is 0 Å². The molecule has 1 rings (SSSR count). The maximum atomic E-state index is 10.9. The highest BCUT2D eigenvalue weighted by Gasteiger charge is 2.13. The van der Waals surface area contributed by atoms with Gasteiger partial charge < -0.3 is 5.73 Å². The maximum Gasteiger partial charge on any atom is 0.251 e. The van der Waals surface area contributed by atoms with Crippen LogP contribution in [-0.4, -0.2) is 5.91 Å². The zero-order valence-electron chi connectivity index (χ0n) is 6.34. The van der Waals surface area contributed by atoms with Gasteiger partial charge in [-0.3, -0.25) is 4.79 Å². The second kappa shape index (κ2) is 3.65. The molecule has 2 N–H and O–H groups in total. The van der Waals surface area contributed by atoms with E-state index in [4.69, 9.17) is 34.2 Å². The van der Waals surface area contributed by atoms with Gasteiger partial charge in [0.1, 0.15) is 6.07 Å². The summed E-state index contributed by atoms with van der Waals surface area (Å²) in [7, 11) is 0. The largest absolute Gasteiger partial charge is 0.366 e. The molecule has 0 spiro atoms. The van der Waals surface area contributed by atoms with Crippen molar-refractivity contribution in [3.05, 3.63) is 33.3 Å². The number of carbonyl (C=O) groups is 1. The van der Waals surface area contributed by atoms with Gasteiger partial charge in [-0.1, -0.05) is 23.2 Å². The number of benzene rings is 1. The summed E-state index contributed by atoms with van der Waals surface area (Å²) in [6.45, 7) is 0. The Morgan fingerprint density at radius 3 is 2.54 bits per heavy atom. The third-order valence-electron chi connectivity index (χ3n) is 1.42. The first-order valence-corrected chi connectivity index (χ1v) is 4.01. The number of nitriles is 1. The van der Waals surface area contributed by atoms with Crippen molar-refractivity contribution in [1.29, 1.82) is 5.26 Å². The molecule has 0 atom stereocenters. The molecule has 1 amide bonds. The van der Waals surface area contributed by atoms with Crippen LogP contribution in [0.2, 0.25) is 10.0 Å². The van der Waals surface area contributed by atoms with Crippen LogP contribution in [0.3, 0.4) is 0 Å². The van der Waals surface area contributed by atoms with Crippen LogP contribution in [-0.2, 0) is 0 Å². The van der Waals surface area contributed by atoms with Gasteiger partial charge in [-0.05, 0) is 12.1 Å². The third kappa shape index (κ3) is 1.92. The van der Waals surface area contributed by atoms with E-state index in [1.807, 2.05) is 0 Å². The number of hydrogen-bond acceptors (Lipinski definition) is 2. The van der Waals surface area contributed by atoms with E-state index < -0.39 is 5.91 Å². The van der Waals surface area contributed by atoms with E-state index in [-0.39, 0.29) is 16.1 Å². The first kappa shape index (κ1) is 9.85. The van der Waals surface area contributed by atoms with Crippen LogP contribution in [0.15, 0.2) is 12.1 Å². The normalized spacial score (nSPS) is 9.31. The van der Waals surface area contributed by atoms with Gasteiger partial charge in [-0.2, -0.15) is 5.26 Å². The van der Waals surface area contributed by atoms with Gasteiger partial charge in [0, 0.05) is 5.02 Å². The summed E-state index contributed by atoms with van der Waals surface area (Å²) in [4.78, 5) is 10.9. The molecule has 0 aliphatic rings. The van der Waals surface area contributed by atoms with Crippen LogP contribution in [0, 0.1) is 11.3 Å². The van der Waals surface area contributed by atoms with Crippen LogP contribution < -0.4 is 5.73 Å². The Morgan fingerprint density at radius 1 is 1.46 bits per heavy atom. The molecule has 0 fully saturated rings. The molecule has 5 heteroatoms. The van der Waals surface area contributed by atoms with Crippen molar-refractivity contribution >= 4 is 29.1 Å². The molecule has 66 valence electrons. The summed E-state index contributed by atoms with van der Waals surface area (Å²) in [5.41, 5.74) is 5.12. The van der Waals surface area contributed by atoms with Crippen molar-refractivity contribution in [2.45, 2.75) is 0 Å². The first-order chi connectivity index (χ1) is 6.06. The molecule has 1 aromatic rings. The van der Waals surface area contributed by atoms with Crippen molar-refractivity contribution in [2.75, 3.05) is 0 Å². The smallest absolute Gasteiger partial charge is 0.251 e. The Labute approximate surface area is 84.7 Å². The fourth-order valence-corrected chi connectivity index (χ4v) is 1.50. The Kier molecular flexibility index (Phi) is 2.76. The van der Waals surface area contributed by atoms with Gasteiger partial charge in [-0.25, -0.2) is 0 Å². The monoisotopic (exact) mass is 214 g/mol. The molecule has 1 aromatic carbocycles. The molecule has 0 saturated heterocycles. The molecule has 0 aliphatic heterocycles. The Bertz CT molecular complexity index is 409. The van der Waals surface area contributed by atoms with E-state index in [9.17, 15) is 4.79 Å². The maximum absolute atomic E-state index is 10.9. The van der Waals surface area contributed by atoms with Crippen molar-refractivity contribution in [3.8, 4) is 6.07 Å². The van der Waals surface area contributed by atoms with E-state index in [2.05, 4.69) is 0 Å². The van der Waals surface area contributed by atoms with E-state index >= 15 is 0 Å². The molecule has 0 bridgehead atoms. The predicted octanol–water partition coefficient (Wildman–Crippen LogP) is 1.96. The average molecular weight is 215 g/mol. The number of amides is 1. The van der Waals surface area contributed by atoms with E-state index in [0.717, 1.165) is 0 Å². The Morgan fingerprint density at radius 2 is 2.08 bits per heavy atom. The van der Waals surface area contributed by atoms with Crippen molar-refractivity contribution < 1.29 is 4.79 Å². The molecule has 0 aliphatic carbocycles. The minimum atomic E-state index is -0.738. The van der Waals surface area contributed by atoms with Gasteiger partial charge >= 0.3 is 0 Å². The first-order valence-electron chi connectivity index (χ1n) is 3.25. The standard InChI is InChI=1S/C8H4Cl2N2O/c9-5-1-4(3-11)7(8(12)13)6(10)2-5/h1-2H,(H2,12,13). The van der Waals surface area contributed by atoms with Gasteiger partial charge in [0.2, 0.25) is 0 Å². The van der Waals surface area contributed by atoms with Crippen LogP contribution in [0.4, 0.5) is 0 Å². The quantitative estimate of drug-likeness (QED) is 0.777. The summed E-state index contributed by atoms with van der Waals surface area (Å²) >= 11 is 11.3. The molecule has 0 aromatic heterocycles. The number of primary amides is 1. The van der Waals surface area contributed by atoms with Crippen LogP contribution in [0.1, 0.15) is 15.9 Å². The van der Waals surface area contributed by atoms with Crippen molar-refractivity contribution in [2.24, 2.45) is 5.73 Å². The van der Waals surface area contributed by atoms with Crippen molar-refractivity contribution in [3.63, 3.8) is 0 Å². The number of nitrogens with two attached hydrogens (primary N) is 1. The molecular weight excluding hydrogens is 211 g/mol. The minimum Gasteiger partial charge on any atom is -0.366 e. The highest BCUT2D eigenvalue weighted by atomic mass is 35.5. The lowest BCUT2D eigenvalue weighted by Gasteiger charge is -2.02. The third-order valence-corrected chi connectivity index (χ3v) is 1.94. The fourth-order valence-electron chi connectivity index (χ4n) is 0.912. The number of nitrogens with zero attached hydrogens (tertiary/aromatic N) is 1. The topological polar surface area (TPSA) is 66.9 Å². The number of halogens is 2. The van der Waals surface area contributed by atoms with Gasteiger partial charge in [0.05, 0.1) is 16.1 Å². The highest BCUT2D eigenvalue weighted by Crippen LogP contribution is 2.24. The summed E-state index contributed by atoms with van der Waals surface area (Å²) < 4.78 is 0. The summed E-state index contributed by atoms with van der Waals surface area (Å²) in [5.74, 6) is -0.738. The molecule has 13 heavy (non-hydrogen) atoms. The van der Waals surface area contributed by atoms with Gasteiger partial charge in [0.25, 0.3) is 5.91 Å². The highest BCUT2D eigenvalue weighted by molar-refractivity contribution is 6.37. The fraction of sp³-hybridized carbons (Fsp3) is 0. The van der Waals surface area contributed by atoms with Crippen LogP contribution in [0.5, 0.6) is 0 Å². The van der Waals surface area contributed by atoms with Crippen molar-refractivity contribution in [1.82, 2.24) is 0 Å². The molecule has 0 radical (unpaired) electrons. The molecular formula is C8H4Cl2N2O. The second-order valence-electron chi connectivity index (χ2n) is 2.29. The minimum absolute atomic E-state index is 0.00793.